The number of carbonyl (C=O) groups is 1. The Kier molecular flexibility index (Phi) is 9.45. The zero-order valence-electron chi connectivity index (χ0n) is 21.6. The third kappa shape index (κ3) is 6.70. The van der Waals surface area contributed by atoms with Gasteiger partial charge in [-0.05, 0) is 86.5 Å². The lowest BCUT2D eigenvalue weighted by Crippen LogP contribution is -2.39. The molecular formula is C29H39N5O. The first-order chi connectivity index (χ1) is 16.9. The van der Waals surface area contributed by atoms with Gasteiger partial charge in [0.2, 0.25) is 0 Å². The van der Waals surface area contributed by atoms with Gasteiger partial charge in [0.05, 0.1) is 17.3 Å². The van der Waals surface area contributed by atoms with Crippen molar-refractivity contribution in [1.29, 1.82) is 5.26 Å². The van der Waals surface area contributed by atoms with Gasteiger partial charge in [-0.15, -0.1) is 0 Å². The van der Waals surface area contributed by atoms with Crippen LogP contribution in [-0.4, -0.2) is 53.4 Å². The number of allylic oxidation sites excluding steroid dienone is 1. The highest BCUT2D eigenvalue weighted by atomic mass is 16.2. The van der Waals surface area contributed by atoms with Crippen LogP contribution in [0.5, 0.6) is 0 Å². The van der Waals surface area contributed by atoms with E-state index < -0.39 is 0 Å². The predicted octanol–water partition coefficient (Wildman–Crippen LogP) is 5.25. The Labute approximate surface area is 210 Å². The van der Waals surface area contributed by atoms with E-state index in [2.05, 4.69) is 42.8 Å². The van der Waals surface area contributed by atoms with Crippen molar-refractivity contribution in [2.75, 3.05) is 32.4 Å². The first-order valence-corrected chi connectivity index (χ1v) is 12.8. The van der Waals surface area contributed by atoms with Crippen LogP contribution in [0, 0.1) is 11.3 Å². The van der Waals surface area contributed by atoms with Gasteiger partial charge in [0, 0.05) is 25.2 Å². The average Bonchev–Trinajstić information content (AvgIpc) is 3.40. The molecule has 0 saturated carbocycles. The molecule has 2 heterocycles. The molecule has 1 aliphatic heterocycles. The van der Waals surface area contributed by atoms with Crippen LogP contribution in [-0.2, 0) is 6.42 Å². The summed E-state index contributed by atoms with van der Waals surface area (Å²) in [5, 5.41) is 9.02. The maximum atomic E-state index is 13.6. The van der Waals surface area contributed by atoms with E-state index in [0.29, 0.717) is 23.4 Å². The molecule has 1 amide bonds. The number of nitrogens with two attached hydrogens (primary N) is 1. The number of aromatic nitrogens is 1. The monoisotopic (exact) mass is 473 g/mol. The van der Waals surface area contributed by atoms with Gasteiger partial charge in [-0.25, -0.2) is 4.98 Å². The van der Waals surface area contributed by atoms with Crippen molar-refractivity contribution in [1.82, 2.24) is 14.8 Å². The number of rotatable bonds is 10. The van der Waals surface area contributed by atoms with Crippen LogP contribution in [0.2, 0.25) is 0 Å². The summed E-state index contributed by atoms with van der Waals surface area (Å²) < 4.78 is 0. The lowest BCUT2D eigenvalue weighted by Gasteiger charge is -2.30. The predicted molar refractivity (Wildman–Crippen MR) is 143 cm³/mol. The number of anilines is 1. The normalized spacial score (nSPS) is 15.7. The van der Waals surface area contributed by atoms with Gasteiger partial charge in [-0.3, -0.25) is 4.79 Å². The number of benzene rings is 1. The Morgan fingerprint density at radius 3 is 2.54 bits per heavy atom. The van der Waals surface area contributed by atoms with Crippen molar-refractivity contribution >= 4 is 17.8 Å². The maximum absolute atomic E-state index is 13.6. The van der Waals surface area contributed by atoms with Gasteiger partial charge in [0.15, 0.2) is 0 Å². The number of nitriles is 1. The van der Waals surface area contributed by atoms with Gasteiger partial charge in [0.1, 0.15) is 5.82 Å². The molecule has 6 heteroatoms. The molecule has 1 aromatic heterocycles. The first-order valence-electron chi connectivity index (χ1n) is 12.8. The van der Waals surface area contributed by atoms with E-state index in [4.69, 9.17) is 11.0 Å². The molecule has 1 saturated heterocycles. The molecule has 0 radical (unpaired) electrons. The second kappa shape index (κ2) is 12.5. The second-order valence-corrected chi connectivity index (χ2v) is 9.51. The number of likely N-dealkylation sites (tertiary alicyclic amines) is 1. The molecule has 2 unspecified atom stereocenters. The lowest BCUT2D eigenvalue weighted by molar-refractivity contribution is 0.0709. The third-order valence-electron chi connectivity index (χ3n) is 7.18. The Balaban J connectivity index is 1.80. The summed E-state index contributed by atoms with van der Waals surface area (Å²) in [6.07, 6.45) is 9.20. The highest BCUT2D eigenvalue weighted by Gasteiger charge is 2.24. The molecule has 0 bridgehead atoms. The summed E-state index contributed by atoms with van der Waals surface area (Å²) in [5.41, 5.74) is 10.2. The van der Waals surface area contributed by atoms with E-state index in [9.17, 15) is 4.79 Å². The minimum Gasteiger partial charge on any atom is -0.384 e. The van der Waals surface area contributed by atoms with E-state index in [-0.39, 0.29) is 17.9 Å². The number of nitrogens with zero attached hydrogens (tertiary/aromatic N) is 4. The molecule has 2 N–H and O–H groups in total. The van der Waals surface area contributed by atoms with Gasteiger partial charge >= 0.3 is 0 Å². The first kappa shape index (κ1) is 26.4. The topological polar surface area (TPSA) is 86.2 Å². The SMILES string of the molecule is CCc1c(C(=O)N(C)C(CC)CCN2CCCC2)cc(N)nc1/C=C\C(C)c1ccc(C#N)cc1. The fourth-order valence-corrected chi connectivity index (χ4v) is 4.89. The number of hydrogen-bond donors (Lipinski definition) is 1. The lowest BCUT2D eigenvalue weighted by atomic mass is 9.97. The number of nitrogen functional groups attached to an aromatic ring is 1. The van der Waals surface area contributed by atoms with Crippen LogP contribution >= 0.6 is 0 Å². The summed E-state index contributed by atoms with van der Waals surface area (Å²) in [6, 6.07) is 11.7. The molecular weight excluding hydrogens is 434 g/mol. The molecule has 2 aromatic rings. The van der Waals surface area contributed by atoms with Gasteiger partial charge in [-0.1, -0.05) is 39.0 Å². The number of amides is 1. The molecule has 2 atom stereocenters. The standard InChI is InChI=1S/C29H39N5O/c1-5-24(15-18-34-16-7-8-17-34)33(4)29(35)26-19-28(31)32-27(25(26)6-2)14-9-21(3)23-12-10-22(20-30)11-13-23/h9-14,19,21,24H,5-8,15-18H2,1-4H3,(H2,31,32)/b14-9-. The number of carbonyl (C=O) groups excluding carboxylic acids is 1. The van der Waals surface area contributed by atoms with Gasteiger partial charge in [-0.2, -0.15) is 5.26 Å². The van der Waals surface area contributed by atoms with Crippen molar-refractivity contribution in [3.8, 4) is 6.07 Å². The minimum atomic E-state index is 0.0130. The quantitative estimate of drug-likeness (QED) is 0.509. The fourth-order valence-electron chi connectivity index (χ4n) is 4.89. The third-order valence-corrected chi connectivity index (χ3v) is 7.18. The van der Waals surface area contributed by atoms with E-state index in [1.807, 2.05) is 42.3 Å². The van der Waals surface area contributed by atoms with Crippen LogP contribution < -0.4 is 5.73 Å². The van der Waals surface area contributed by atoms with E-state index in [1.54, 1.807) is 6.07 Å². The summed E-state index contributed by atoms with van der Waals surface area (Å²) in [6.45, 7) is 9.68. The second-order valence-electron chi connectivity index (χ2n) is 9.51. The highest BCUT2D eigenvalue weighted by Crippen LogP contribution is 2.24. The summed E-state index contributed by atoms with van der Waals surface area (Å²) in [4.78, 5) is 22.6. The largest absolute Gasteiger partial charge is 0.384 e. The van der Waals surface area contributed by atoms with Gasteiger partial charge < -0.3 is 15.5 Å². The number of hydrogen-bond acceptors (Lipinski definition) is 5. The zero-order chi connectivity index (χ0) is 25.4. The summed E-state index contributed by atoms with van der Waals surface area (Å²) in [5.74, 6) is 0.501. The zero-order valence-corrected chi connectivity index (χ0v) is 21.6. The fraction of sp³-hybridized carbons (Fsp3) is 0.483. The van der Waals surface area contributed by atoms with E-state index >= 15 is 0 Å². The van der Waals surface area contributed by atoms with Crippen LogP contribution in [0.1, 0.15) is 85.1 Å². The van der Waals surface area contributed by atoms with Crippen LogP contribution in [0.15, 0.2) is 36.4 Å². The van der Waals surface area contributed by atoms with E-state index in [1.165, 1.54) is 25.9 Å². The van der Waals surface area contributed by atoms with Crippen LogP contribution in [0.25, 0.3) is 6.08 Å². The van der Waals surface area contributed by atoms with Gasteiger partial charge in [0.25, 0.3) is 5.91 Å². The Bertz CT molecular complexity index is 1060. The molecule has 186 valence electrons. The number of pyridine rings is 1. The Morgan fingerprint density at radius 2 is 1.94 bits per heavy atom. The average molecular weight is 474 g/mol. The van der Waals surface area contributed by atoms with Crippen molar-refractivity contribution in [2.24, 2.45) is 0 Å². The molecule has 35 heavy (non-hydrogen) atoms. The van der Waals surface area contributed by atoms with Crippen molar-refractivity contribution in [3.63, 3.8) is 0 Å². The Hall–Kier alpha value is -3.17. The Morgan fingerprint density at radius 1 is 1.26 bits per heavy atom. The molecule has 1 aliphatic rings. The molecule has 3 rings (SSSR count). The molecule has 1 aromatic carbocycles. The van der Waals surface area contributed by atoms with E-state index in [0.717, 1.165) is 36.2 Å². The maximum Gasteiger partial charge on any atom is 0.254 e. The summed E-state index contributed by atoms with van der Waals surface area (Å²) >= 11 is 0. The minimum absolute atomic E-state index is 0.0130. The van der Waals surface area contributed by atoms with Crippen molar-refractivity contribution in [2.45, 2.75) is 64.8 Å². The smallest absolute Gasteiger partial charge is 0.254 e. The van der Waals surface area contributed by atoms with Crippen LogP contribution in [0.3, 0.4) is 0 Å². The molecule has 6 nitrogen and oxygen atoms in total. The van der Waals surface area contributed by atoms with Crippen LogP contribution in [0.4, 0.5) is 5.82 Å². The molecule has 0 spiro atoms. The molecule has 0 aliphatic carbocycles. The van der Waals surface area contributed by atoms with Crippen molar-refractivity contribution < 1.29 is 4.79 Å². The highest BCUT2D eigenvalue weighted by molar-refractivity contribution is 5.97. The molecule has 1 fully saturated rings. The van der Waals surface area contributed by atoms with Crippen molar-refractivity contribution in [3.05, 3.63) is 64.4 Å². The summed E-state index contributed by atoms with van der Waals surface area (Å²) in [7, 11) is 1.92.